The van der Waals surface area contributed by atoms with Crippen LogP contribution in [0.25, 0.3) is 0 Å². The molecule has 0 spiro atoms. The lowest BCUT2D eigenvalue weighted by atomic mass is 9.90. The average molecular weight is 220 g/mol. The zero-order valence-electron chi connectivity index (χ0n) is 9.44. The Balaban J connectivity index is 2.24. The third-order valence-corrected chi connectivity index (χ3v) is 3.07. The Morgan fingerprint density at radius 2 is 2.12 bits per heavy atom. The van der Waals surface area contributed by atoms with Gasteiger partial charge in [-0.2, -0.15) is 0 Å². The molecule has 1 aromatic carbocycles. The largest absolute Gasteiger partial charge is 0.496 e. The van der Waals surface area contributed by atoms with Gasteiger partial charge in [-0.3, -0.25) is 4.79 Å². The predicted octanol–water partition coefficient (Wildman–Crippen LogP) is 2.40. The van der Waals surface area contributed by atoms with E-state index >= 15 is 0 Å². The van der Waals surface area contributed by atoms with Gasteiger partial charge >= 0.3 is 0 Å². The molecule has 3 nitrogen and oxygen atoms in total. The highest BCUT2D eigenvalue weighted by molar-refractivity contribution is 5.79. The van der Waals surface area contributed by atoms with Gasteiger partial charge in [-0.1, -0.05) is 6.07 Å². The molecule has 0 unspecified atom stereocenters. The number of benzene rings is 1. The number of aldehydes is 1. The van der Waals surface area contributed by atoms with E-state index in [9.17, 15) is 4.79 Å². The molecule has 0 aliphatic carbocycles. The molecule has 0 amide bonds. The van der Waals surface area contributed by atoms with Crippen molar-refractivity contribution in [1.29, 1.82) is 0 Å². The lowest BCUT2D eigenvalue weighted by Gasteiger charge is -2.22. The Morgan fingerprint density at radius 3 is 2.75 bits per heavy atom. The van der Waals surface area contributed by atoms with Crippen LogP contribution < -0.4 is 4.74 Å². The maximum Gasteiger partial charge on any atom is 0.153 e. The fourth-order valence-corrected chi connectivity index (χ4v) is 2.13. The van der Waals surface area contributed by atoms with Crippen molar-refractivity contribution in [2.75, 3.05) is 20.3 Å². The van der Waals surface area contributed by atoms with Gasteiger partial charge in [0, 0.05) is 13.2 Å². The Kier molecular flexibility index (Phi) is 3.57. The van der Waals surface area contributed by atoms with Crippen molar-refractivity contribution in [3.05, 3.63) is 29.3 Å². The zero-order valence-corrected chi connectivity index (χ0v) is 9.44. The van der Waals surface area contributed by atoms with Gasteiger partial charge in [0.1, 0.15) is 5.75 Å². The summed E-state index contributed by atoms with van der Waals surface area (Å²) in [6.07, 6.45) is 2.91. The van der Waals surface area contributed by atoms with Crippen LogP contribution in [0.5, 0.6) is 5.75 Å². The van der Waals surface area contributed by atoms with Crippen molar-refractivity contribution in [3.8, 4) is 5.75 Å². The standard InChI is InChI=1S/C13H16O3/c1-15-13-3-2-11(8-12(13)9-14)10-4-6-16-7-5-10/h2-3,8-10H,4-7H2,1H3. The fourth-order valence-electron chi connectivity index (χ4n) is 2.13. The van der Waals surface area contributed by atoms with Crippen LogP contribution >= 0.6 is 0 Å². The van der Waals surface area contributed by atoms with Crippen LogP contribution in [0.2, 0.25) is 0 Å². The van der Waals surface area contributed by atoms with E-state index in [-0.39, 0.29) is 0 Å². The molecule has 16 heavy (non-hydrogen) atoms. The highest BCUT2D eigenvalue weighted by Gasteiger charge is 2.17. The van der Waals surface area contributed by atoms with Gasteiger partial charge in [-0.05, 0) is 36.5 Å². The van der Waals surface area contributed by atoms with Crippen LogP contribution in [-0.4, -0.2) is 26.6 Å². The van der Waals surface area contributed by atoms with Crippen molar-refractivity contribution < 1.29 is 14.3 Å². The number of rotatable bonds is 3. The molecule has 1 aromatic rings. The minimum absolute atomic E-state index is 0.512. The van der Waals surface area contributed by atoms with E-state index in [0.29, 0.717) is 17.2 Å². The highest BCUT2D eigenvalue weighted by atomic mass is 16.5. The molecule has 1 fully saturated rings. The van der Waals surface area contributed by atoms with E-state index in [0.717, 1.165) is 32.3 Å². The third kappa shape index (κ3) is 2.25. The summed E-state index contributed by atoms with van der Waals surface area (Å²) in [4.78, 5) is 10.9. The zero-order chi connectivity index (χ0) is 11.4. The van der Waals surface area contributed by atoms with Gasteiger partial charge in [0.2, 0.25) is 0 Å². The fraction of sp³-hybridized carbons (Fsp3) is 0.462. The summed E-state index contributed by atoms with van der Waals surface area (Å²) in [5.41, 5.74) is 1.85. The second-order valence-electron chi connectivity index (χ2n) is 4.01. The molecule has 1 saturated heterocycles. The van der Waals surface area contributed by atoms with Gasteiger partial charge in [0.05, 0.1) is 12.7 Å². The van der Waals surface area contributed by atoms with Gasteiger partial charge in [0.25, 0.3) is 0 Å². The molecule has 2 rings (SSSR count). The molecule has 1 aliphatic rings. The number of carbonyl (C=O) groups excluding carboxylic acids is 1. The summed E-state index contributed by atoms with van der Waals surface area (Å²) < 4.78 is 10.5. The Labute approximate surface area is 95.4 Å². The minimum Gasteiger partial charge on any atom is -0.496 e. The summed E-state index contributed by atoms with van der Waals surface area (Å²) in [7, 11) is 1.58. The van der Waals surface area contributed by atoms with E-state index in [1.807, 2.05) is 18.2 Å². The van der Waals surface area contributed by atoms with Gasteiger partial charge in [-0.15, -0.1) is 0 Å². The normalized spacial score (nSPS) is 17.1. The molecular formula is C13H16O3. The van der Waals surface area contributed by atoms with Gasteiger partial charge in [0.15, 0.2) is 6.29 Å². The van der Waals surface area contributed by atoms with E-state index in [1.165, 1.54) is 5.56 Å². The Morgan fingerprint density at radius 1 is 1.38 bits per heavy atom. The Bertz CT molecular complexity index is 367. The van der Waals surface area contributed by atoms with Crippen molar-refractivity contribution in [1.82, 2.24) is 0 Å². The second-order valence-corrected chi connectivity index (χ2v) is 4.01. The summed E-state index contributed by atoms with van der Waals surface area (Å²) in [5, 5.41) is 0. The second kappa shape index (κ2) is 5.12. The van der Waals surface area contributed by atoms with Crippen LogP contribution in [0, 0.1) is 0 Å². The molecular weight excluding hydrogens is 204 g/mol. The summed E-state index contributed by atoms with van der Waals surface area (Å²) in [6, 6.07) is 5.85. The van der Waals surface area contributed by atoms with Crippen LogP contribution in [0.4, 0.5) is 0 Å². The van der Waals surface area contributed by atoms with E-state index in [2.05, 4.69) is 0 Å². The molecule has 1 heterocycles. The van der Waals surface area contributed by atoms with Crippen molar-refractivity contribution in [2.24, 2.45) is 0 Å². The average Bonchev–Trinajstić information content (AvgIpc) is 2.39. The van der Waals surface area contributed by atoms with Crippen molar-refractivity contribution >= 4 is 6.29 Å². The highest BCUT2D eigenvalue weighted by Crippen LogP contribution is 2.29. The van der Waals surface area contributed by atoms with Crippen LogP contribution in [0.1, 0.15) is 34.7 Å². The van der Waals surface area contributed by atoms with E-state index in [1.54, 1.807) is 7.11 Å². The lowest BCUT2D eigenvalue weighted by molar-refractivity contribution is 0.0853. The number of hydrogen-bond donors (Lipinski definition) is 0. The van der Waals surface area contributed by atoms with Crippen LogP contribution in [0.3, 0.4) is 0 Å². The van der Waals surface area contributed by atoms with Crippen molar-refractivity contribution in [3.63, 3.8) is 0 Å². The number of carbonyl (C=O) groups is 1. The van der Waals surface area contributed by atoms with E-state index in [4.69, 9.17) is 9.47 Å². The molecule has 0 atom stereocenters. The first-order valence-corrected chi connectivity index (χ1v) is 5.56. The molecule has 1 aliphatic heterocycles. The number of ether oxygens (including phenoxy) is 2. The molecule has 86 valence electrons. The quantitative estimate of drug-likeness (QED) is 0.734. The first-order chi connectivity index (χ1) is 7.85. The van der Waals surface area contributed by atoms with Gasteiger partial charge in [-0.25, -0.2) is 0 Å². The number of hydrogen-bond acceptors (Lipinski definition) is 3. The predicted molar refractivity (Wildman–Crippen MR) is 61.2 cm³/mol. The third-order valence-electron chi connectivity index (χ3n) is 3.07. The minimum atomic E-state index is 0.512. The van der Waals surface area contributed by atoms with Crippen LogP contribution in [0.15, 0.2) is 18.2 Å². The van der Waals surface area contributed by atoms with E-state index < -0.39 is 0 Å². The molecule has 3 heteroatoms. The molecule has 0 radical (unpaired) electrons. The number of methoxy groups -OCH3 is 1. The summed E-state index contributed by atoms with van der Waals surface area (Å²) in [6.45, 7) is 1.63. The Hall–Kier alpha value is -1.35. The maximum atomic E-state index is 10.9. The van der Waals surface area contributed by atoms with Crippen molar-refractivity contribution in [2.45, 2.75) is 18.8 Å². The first-order valence-electron chi connectivity index (χ1n) is 5.56. The molecule has 0 N–H and O–H groups in total. The molecule has 0 saturated carbocycles. The summed E-state index contributed by atoms with van der Waals surface area (Å²) in [5.74, 6) is 1.16. The first kappa shape index (κ1) is 11.1. The molecule has 0 bridgehead atoms. The topological polar surface area (TPSA) is 35.5 Å². The smallest absolute Gasteiger partial charge is 0.153 e. The van der Waals surface area contributed by atoms with Gasteiger partial charge < -0.3 is 9.47 Å². The lowest BCUT2D eigenvalue weighted by Crippen LogP contribution is -2.14. The maximum absolute atomic E-state index is 10.9. The van der Waals surface area contributed by atoms with Crippen LogP contribution in [-0.2, 0) is 4.74 Å². The monoisotopic (exact) mass is 220 g/mol. The summed E-state index contributed by atoms with van der Waals surface area (Å²) >= 11 is 0. The molecule has 0 aromatic heterocycles. The SMILES string of the molecule is COc1ccc(C2CCOCC2)cc1C=O.